The van der Waals surface area contributed by atoms with Crippen LogP contribution in [0.5, 0.6) is 0 Å². The first kappa shape index (κ1) is 14.2. The van der Waals surface area contributed by atoms with Crippen molar-refractivity contribution in [2.75, 3.05) is 19.6 Å². The van der Waals surface area contributed by atoms with Gasteiger partial charge in [-0.15, -0.1) is 0 Å². The van der Waals surface area contributed by atoms with Crippen LogP contribution in [0.4, 0.5) is 4.79 Å². The Morgan fingerprint density at radius 2 is 1.80 bits per heavy atom. The van der Waals surface area contributed by atoms with Gasteiger partial charge in [0.05, 0.1) is 0 Å². The molecule has 90 valence electrons. The largest absolute Gasteiger partial charge is 0.338 e. The van der Waals surface area contributed by atoms with E-state index in [1.54, 1.807) is 0 Å². The second kappa shape index (κ2) is 7.51. The van der Waals surface area contributed by atoms with E-state index in [2.05, 4.69) is 24.5 Å². The zero-order valence-electron chi connectivity index (χ0n) is 10.2. The van der Waals surface area contributed by atoms with E-state index in [-0.39, 0.29) is 11.4 Å². The number of nitrogens with two attached hydrogens (primary N) is 1. The second-order valence-electron chi connectivity index (χ2n) is 4.02. The van der Waals surface area contributed by atoms with E-state index < -0.39 is 0 Å². The Morgan fingerprint density at radius 3 is 2.20 bits per heavy atom. The minimum absolute atomic E-state index is 0.0591. The van der Waals surface area contributed by atoms with Gasteiger partial charge in [0, 0.05) is 13.1 Å². The number of urea groups is 1. The third kappa shape index (κ3) is 5.02. The molecule has 0 spiro atoms. The summed E-state index contributed by atoms with van der Waals surface area (Å²) in [6, 6.07) is -0.0865. The van der Waals surface area contributed by atoms with Gasteiger partial charge in [0.1, 0.15) is 0 Å². The molecule has 0 saturated carbocycles. The van der Waals surface area contributed by atoms with Crippen LogP contribution < -0.4 is 16.4 Å². The van der Waals surface area contributed by atoms with E-state index in [4.69, 9.17) is 5.73 Å². The normalized spacial score (nSPS) is 11.2. The van der Waals surface area contributed by atoms with Crippen molar-refractivity contribution < 1.29 is 4.79 Å². The molecule has 0 saturated heterocycles. The number of hydrogen-bond acceptors (Lipinski definition) is 2. The third-order valence-corrected chi connectivity index (χ3v) is 3.09. The summed E-state index contributed by atoms with van der Waals surface area (Å²) < 4.78 is 0. The van der Waals surface area contributed by atoms with Crippen molar-refractivity contribution in [3.8, 4) is 0 Å². The van der Waals surface area contributed by atoms with E-state index in [0.29, 0.717) is 13.1 Å². The highest BCUT2D eigenvalue weighted by atomic mass is 16.2. The van der Waals surface area contributed by atoms with E-state index in [1.165, 1.54) is 0 Å². The predicted octanol–water partition coefficient (Wildman–Crippen LogP) is 1.46. The second-order valence-corrected chi connectivity index (χ2v) is 4.02. The third-order valence-electron chi connectivity index (χ3n) is 3.09. The smallest absolute Gasteiger partial charge is 0.314 e. The van der Waals surface area contributed by atoms with Crippen molar-refractivity contribution in [3.05, 3.63) is 0 Å². The molecule has 15 heavy (non-hydrogen) atoms. The Hall–Kier alpha value is -0.770. The van der Waals surface area contributed by atoms with Gasteiger partial charge in [-0.1, -0.05) is 20.8 Å². The van der Waals surface area contributed by atoms with Gasteiger partial charge in [-0.3, -0.25) is 0 Å². The fourth-order valence-electron chi connectivity index (χ4n) is 1.43. The molecule has 0 unspecified atom stereocenters. The van der Waals surface area contributed by atoms with Crippen LogP contribution in [-0.4, -0.2) is 25.7 Å². The number of amides is 2. The Bertz CT molecular complexity index is 170. The lowest BCUT2D eigenvalue weighted by atomic mass is 9.82. The van der Waals surface area contributed by atoms with E-state index in [1.807, 2.05) is 6.92 Å². The lowest BCUT2D eigenvalue weighted by Gasteiger charge is -2.30. The predicted molar refractivity (Wildman–Crippen MR) is 63.8 cm³/mol. The fraction of sp³-hybridized carbons (Fsp3) is 0.909. The molecule has 0 bridgehead atoms. The van der Waals surface area contributed by atoms with Crippen molar-refractivity contribution >= 4 is 6.03 Å². The molecule has 0 rings (SSSR count). The van der Waals surface area contributed by atoms with Crippen molar-refractivity contribution in [2.24, 2.45) is 11.1 Å². The Kier molecular flexibility index (Phi) is 7.13. The van der Waals surface area contributed by atoms with Crippen molar-refractivity contribution in [3.63, 3.8) is 0 Å². The van der Waals surface area contributed by atoms with Crippen molar-refractivity contribution in [2.45, 2.75) is 40.0 Å². The molecule has 4 N–H and O–H groups in total. The molecule has 0 aliphatic heterocycles. The standard InChI is InChI=1S/C11H25N3O/c1-4-7-13-10(15)14-9-11(5-2,6-3)8-12/h4-9,12H2,1-3H3,(H2,13,14,15). The van der Waals surface area contributed by atoms with Crippen LogP contribution in [0.25, 0.3) is 0 Å². The monoisotopic (exact) mass is 215 g/mol. The number of nitrogens with one attached hydrogen (secondary N) is 2. The van der Waals surface area contributed by atoms with Gasteiger partial charge < -0.3 is 16.4 Å². The highest BCUT2D eigenvalue weighted by Gasteiger charge is 2.24. The van der Waals surface area contributed by atoms with Gasteiger partial charge in [0.25, 0.3) is 0 Å². The van der Waals surface area contributed by atoms with Crippen LogP contribution in [0, 0.1) is 5.41 Å². The lowest BCUT2D eigenvalue weighted by Crippen LogP contribution is -2.45. The number of rotatable bonds is 7. The first-order valence-electron chi connectivity index (χ1n) is 5.86. The maximum absolute atomic E-state index is 11.3. The van der Waals surface area contributed by atoms with E-state index in [9.17, 15) is 4.79 Å². The van der Waals surface area contributed by atoms with Crippen molar-refractivity contribution in [1.29, 1.82) is 0 Å². The summed E-state index contributed by atoms with van der Waals surface area (Å²) in [5.74, 6) is 0. The van der Waals surface area contributed by atoms with Gasteiger partial charge >= 0.3 is 6.03 Å². The molecular weight excluding hydrogens is 190 g/mol. The molecule has 4 heteroatoms. The average molecular weight is 215 g/mol. The molecule has 2 amide bonds. The van der Waals surface area contributed by atoms with Gasteiger partial charge in [0.2, 0.25) is 0 Å². The van der Waals surface area contributed by atoms with Crippen LogP contribution in [0.3, 0.4) is 0 Å². The first-order chi connectivity index (χ1) is 7.14. The van der Waals surface area contributed by atoms with Crippen LogP contribution >= 0.6 is 0 Å². The average Bonchev–Trinajstić information content (AvgIpc) is 2.29. The minimum atomic E-state index is -0.0865. The van der Waals surface area contributed by atoms with Crippen LogP contribution in [0.1, 0.15) is 40.0 Å². The van der Waals surface area contributed by atoms with Gasteiger partial charge in [0.15, 0.2) is 0 Å². The maximum atomic E-state index is 11.3. The topological polar surface area (TPSA) is 67.2 Å². The summed E-state index contributed by atoms with van der Waals surface area (Å²) in [5, 5.41) is 5.67. The summed E-state index contributed by atoms with van der Waals surface area (Å²) in [6.45, 7) is 8.26. The Labute approximate surface area is 93.0 Å². The molecule has 0 aliphatic rings. The van der Waals surface area contributed by atoms with Gasteiger partial charge in [-0.25, -0.2) is 4.79 Å². The molecule has 0 fully saturated rings. The SMILES string of the molecule is CCCNC(=O)NCC(CC)(CC)CN. The van der Waals surface area contributed by atoms with E-state index in [0.717, 1.165) is 25.8 Å². The molecule has 0 radical (unpaired) electrons. The summed E-state index contributed by atoms with van der Waals surface area (Å²) in [7, 11) is 0. The first-order valence-corrected chi connectivity index (χ1v) is 5.86. The fourth-order valence-corrected chi connectivity index (χ4v) is 1.43. The molecule has 0 aromatic rings. The molecule has 0 atom stereocenters. The summed E-state index contributed by atoms with van der Waals surface area (Å²) in [4.78, 5) is 11.3. The molecular formula is C11H25N3O. The molecule has 4 nitrogen and oxygen atoms in total. The Morgan fingerprint density at radius 1 is 1.20 bits per heavy atom. The molecule has 0 aromatic carbocycles. The van der Waals surface area contributed by atoms with Gasteiger partial charge in [-0.05, 0) is 31.2 Å². The highest BCUT2D eigenvalue weighted by molar-refractivity contribution is 5.73. The number of carbonyl (C=O) groups excluding carboxylic acids is 1. The molecule has 0 aliphatic carbocycles. The van der Waals surface area contributed by atoms with Crippen LogP contribution in [-0.2, 0) is 0 Å². The quantitative estimate of drug-likeness (QED) is 0.602. The highest BCUT2D eigenvalue weighted by Crippen LogP contribution is 2.23. The zero-order valence-corrected chi connectivity index (χ0v) is 10.2. The van der Waals surface area contributed by atoms with E-state index >= 15 is 0 Å². The summed E-state index contributed by atoms with van der Waals surface area (Å²) in [5.41, 5.74) is 5.80. The van der Waals surface area contributed by atoms with Crippen molar-refractivity contribution in [1.82, 2.24) is 10.6 Å². The maximum Gasteiger partial charge on any atom is 0.314 e. The number of carbonyl (C=O) groups is 1. The molecule has 0 heterocycles. The van der Waals surface area contributed by atoms with Gasteiger partial charge in [-0.2, -0.15) is 0 Å². The van der Waals surface area contributed by atoms with Crippen LogP contribution in [0.15, 0.2) is 0 Å². The Balaban J connectivity index is 3.93. The number of hydrogen-bond donors (Lipinski definition) is 3. The minimum Gasteiger partial charge on any atom is -0.338 e. The zero-order chi connectivity index (χ0) is 11.7. The molecule has 0 aromatic heterocycles. The lowest BCUT2D eigenvalue weighted by molar-refractivity contribution is 0.223. The van der Waals surface area contributed by atoms with Crippen LogP contribution in [0.2, 0.25) is 0 Å². The summed E-state index contributed by atoms with van der Waals surface area (Å²) >= 11 is 0. The summed E-state index contributed by atoms with van der Waals surface area (Å²) in [6.07, 6.45) is 2.94.